The summed E-state index contributed by atoms with van der Waals surface area (Å²) in [5.74, 6) is -0.607. The van der Waals surface area contributed by atoms with Crippen LogP contribution in [0.1, 0.15) is 12.5 Å². The molecule has 2 aromatic rings. The topological polar surface area (TPSA) is 133 Å². The molecule has 0 aliphatic heterocycles. The van der Waals surface area contributed by atoms with E-state index in [0.717, 1.165) is 22.2 Å². The number of benzene rings is 2. The summed E-state index contributed by atoms with van der Waals surface area (Å²) in [5, 5.41) is 22.3. The van der Waals surface area contributed by atoms with E-state index in [1.54, 1.807) is 24.3 Å². The van der Waals surface area contributed by atoms with Gasteiger partial charge in [-0.2, -0.15) is 5.26 Å². The van der Waals surface area contributed by atoms with E-state index >= 15 is 0 Å². The average Bonchev–Trinajstić information content (AvgIpc) is 2.62. The molecule has 0 saturated carbocycles. The van der Waals surface area contributed by atoms with E-state index in [1.165, 1.54) is 25.1 Å². The maximum atomic E-state index is 12.6. The molecule has 0 radical (unpaired) electrons. The molecule has 0 spiro atoms. The van der Waals surface area contributed by atoms with Crippen LogP contribution in [0.3, 0.4) is 0 Å². The number of nitro groups is 1. The summed E-state index contributed by atoms with van der Waals surface area (Å²) in [7, 11) is -3.90. The first-order valence-corrected chi connectivity index (χ1v) is 9.99. The Morgan fingerprint density at radius 1 is 1.29 bits per heavy atom. The quantitative estimate of drug-likeness (QED) is 0.558. The molecule has 9 nitrogen and oxygen atoms in total. The predicted octanol–water partition coefficient (Wildman–Crippen LogP) is 2.45. The number of nitro benzene ring substituents is 1. The van der Waals surface area contributed by atoms with Crippen molar-refractivity contribution in [3.63, 3.8) is 0 Å². The van der Waals surface area contributed by atoms with E-state index in [9.17, 15) is 23.3 Å². The molecule has 0 heterocycles. The number of sulfonamides is 1. The Kier molecular flexibility index (Phi) is 6.33. The van der Waals surface area contributed by atoms with E-state index in [4.69, 9.17) is 5.26 Å². The van der Waals surface area contributed by atoms with Crippen molar-refractivity contribution < 1.29 is 18.1 Å². The van der Waals surface area contributed by atoms with E-state index in [0.29, 0.717) is 5.69 Å². The van der Waals surface area contributed by atoms with Crippen molar-refractivity contribution in [2.75, 3.05) is 15.9 Å². The Morgan fingerprint density at radius 2 is 1.93 bits per heavy atom. The number of hydrogen-bond acceptors (Lipinski definition) is 6. The number of non-ortho nitro benzene ring substituents is 1. The normalized spacial score (nSPS) is 11.9. The van der Waals surface area contributed by atoms with Crippen LogP contribution >= 0.6 is 0 Å². The first-order chi connectivity index (χ1) is 13.1. The highest BCUT2D eigenvalue weighted by molar-refractivity contribution is 7.92. The number of anilines is 2. The maximum absolute atomic E-state index is 12.6. The van der Waals surface area contributed by atoms with Crippen molar-refractivity contribution in [1.82, 2.24) is 0 Å². The highest BCUT2D eigenvalue weighted by Gasteiger charge is 2.30. The molecule has 0 fully saturated rings. The zero-order valence-electron chi connectivity index (χ0n) is 15.2. The number of carbonyl (C=O) groups is 1. The summed E-state index contributed by atoms with van der Waals surface area (Å²) in [6.45, 7) is 1.39. The number of nitriles is 1. The molecule has 0 aliphatic carbocycles. The fourth-order valence-electron chi connectivity index (χ4n) is 2.60. The van der Waals surface area contributed by atoms with E-state index in [2.05, 4.69) is 5.32 Å². The van der Waals surface area contributed by atoms with Crippen LogP contribution in [-0.2, 0) is 21.2 Å². The van der Waals surface area contributed by atoms with E-state index in [-0.39, 0.29) is 17.8 Å². The van der Waals surface area contributed by atoms with Gasteiger partial charge >= 0.3 is 0 Å². The summed E-state index contributed by atoms with van der Waals surface area (Å²) in [4.78, 5) is 22.9. The Hall–Kier alpha value is -3.45. The van der Waals surface area contributed by atoms with Gasteiger partial charge in [-0.1, -0.05) is 18.2 Å². The minimum Gasteiger partial charge on any atom is -0.324 e. The predicted molar refractivity (Wildman–Crippen MR) is 104 cm³/mol. The van der Waals surface area contributed by atoms with Gasteiger partial charge in [-0.25, -0.2) is 8.42 Å². The summed E-state index contributed by atoms with van der Waals surface area (Å²) in [6, 6.07) is 12.5. The van der Waals surface area contributed by atoms with Crippen LogP contribution in [0.4, 0.5) is 17.1 Å². The third kappa shape index (κ3) is 5.05. The highest BCUT2D eigenvalue weighted by atomic mass is 32.2. The van der Waals surface area contributed by atoms with Gasteiger partial charge in [-0.05, 0) is 30.7 Å². The lowest BCUT2D eigenvalue weighted by Gasteiger charge is -2.28. The number of amides is 1. The first kappa shape index (κ1) is 20.9. The van der Waals surface area contributed by atoms with E-state index in [1.807, 2.05) is 6.07 Å². The molecule has 2 aromatic carbocycles. The SMILES string of the molecule is C[C@H](C(=O)Nc1ccc(CC#N)cc1)N(c1cccc([N+](=O)[O-])c1)S(C)(=O)=O. The zero-order chi connectivity index (χ0) is 20.9. The zero-order valence-corrected chi connectivity index (χ0v) is 16.0. The van der Waals surface area contributed by atoms with Gasteiger partial charge in [0.15, 0.2) is 0 Å². The molecule has 0 saturated heterocycles. The molecule has 1 N–H and O–H groups in total. The third-order valence-corrected chi connectivity index (χ3v) is 5.13. The van der Waals surface area contributed by atoms with Crippen LogP contribution in [0.25, 0.3) is 0 Å². The van der Waals surface area contributed by atoms with Gasteiger partial charge in [-0.3, -0.25) is 19.2 Å². The number of nitrogens with one attached hydrogen (secondary N) is 1. The molecular weight excluding hydrogens is 384 g/mol. The molecule has 0 aromatic heterocycles. The maximum Gasteiger partial charge on any atom is 0.271 e. The number of rotatable bonds is 7. The minimum absolute atomic E-state index is 0.0173. The first-order valence-electron chi connectivity index (χ1n) is 8.14. The minimum atomic E-state index is -3.90. The second-order valence-electron chi connectivity index (χ2n) is 6.03. The second-order valence-corrected chi connectivity index (χ2v) is 7.89. The van der Waals surface area contributed by atoms with Gasteiger partial charge in [0.05, 0.1) is 29.4 Å². The van der Waals surface area contributed by atoms with Gasteiger partial charge in [0.2, 0.25) is 15.9 Å². The molecular formula is C18H18N4O5S. The lowest BCUT2D eigenvalue weighted by Crippen LogP contribution is -2.45. The van der Waals surface area contributed by atoms with Gasteiger partial charge in [0, 0.05) is 17.8 Å². The molecule has 28 heavy (non-hydrogen) atoms. The standard InChI is InChI=1S/C18H18N4O5S/c1-13(18(23)20-15-8-6-14(7-9-15)10-11-19)21(28(2,26)27)16-4-3-5-17(12-16)22(24)25/h3-9,12-13H,10H2,1-2H3,(H,20,23)/t13-/m1/s1. The van der Waals surface area contributed by atoms with Crippen LogP contribution in [-0.4, -0.2) is 31.5 Å². The molecule has 0 unspecified atom stereocenters. The smallest absolute Gasteiger partial charge is 0.271 e. The summed E-state index contributed by atoms with van der Waals surface area (Å²) in [5.41, 5.74) is 0.949. The van der Waals surface area contributed by atoms with Crippen LogP contribution in [0.2, 0.25) is 0 Å². The van der Waals surface area contributed by atoms with Crippen molar-refractivity contribution in [1.29, 1.82) is 5.26 Å². The molecule has 2 rings (SSSR count). The largest absolute Gasteiger partial charge is 0.324 e. The molecule has 10 heteroatoms. The van der Waals surface area contributed by atoms with Crippen molar-refractivity contribution in [2.24, 2.45) is 0 Å². The summed E-state index contributed by atoms with van der Waals surface area (Å²) < 4.78 is 25.4. The molecule has 146 valence electrons. The van der Waals surface area contributed by atoms with E-state index < -0.39 is 26.9 Å². The highest BCUT2D eigenvalue weighted by Crippen LogP contribution is 2.25. The number of nitrogens with zero attached hydrogens (tertiary/aromatic N) is 3. The Morgan fingerprint density at radius 3 is 2.46 bits per heavy atom. The Bertz CT molecular complexity index is 1030. The van der Waals surface area contributed by atoms with Gasteiger partial charge in [0.1, 0.15) is 6.04 Å². The second kappa shape index (κ2) is 8.49. The number of carbonyl (C=O) groups excluding carboxylic acids is 1. The van der Waals surface area contributed by atoms with Crippen molar-refractivity contribution >= 4 is 33.0 Å². The molecule has 0 bridgehead atoms. The monoisotopic (exact) mass is 402 g/mol. The fraction of sp³-hybridized carbons (Fsp3) is 0.222. The lowest BCUT2D eigenvalue weighted by atomic mass is 10.1. The lowest BCUT2D eigenvalue weighted by molar-refractivity contribution is -0.384. The summed E-state index contributed by atoms with van der Waals surface area (Å²) in [6.07, 6.45) is 1.16. The van der Waals surface area contributed by atoms with Crippen LogP contribution in [0.5, 0.6) is 0 Å². The molecule has 1 atom stereocenters. The van der Waals surface area contributed by atoms with Crippen molar-refractivity contribution in [3.8, 4) is 6.07 Å². The molecule has 1 amide bonds. The van der Waals surface area contributed by atoms with Gasteiger partial charge in [-0.15, -0.1) is 0 Å². The summed E-state index contributed by atoms with van der Waals surface area (Å²) >= 11 is 0. The van der Waals surface area contributed by atoms with Crippen molar-refractivity contribution in [2.45, 2.75) is 19.4 Å². The van der Waals surface area contributed by atoms with Crippen molar-refractivity contribution in [3.05, 3.63) is 64.2 Å². The van der Waals surface area contributed by atoms with Crippen LogP contribution < -0.4 is 9.62 Å². The fourth-order valence-corrected chi connectivity index (χ4v) is 3.76. The van der Waals surface area contributed by atoms with Gasteiger partial charge < -0.3 is 5.32 Å². The third-order valence-electron chi connectivity index (χ3n) is 3.89. The average molecular weight is 402 g/mol. The Labute approximate surface area is 162 Å². The van der Waals surface area contributed by atoms with Gasteiger partial charge in [0.25, 0.3) is 5.69 Å². The molecule has 0 aliphatic rings. The van der Waals surface area contributed by atoms with Crippen LogP contribution in [0.15, 0.2) is 48.5 Å². The number of hydrogen-bond donors (Lipinski definition) is 1. The van der Waals surface area contributed by atoms with Crippen LogP contribution in [0, 0.1) is 21.4 Å². The Balaban J connectivity index is 2.29.